The van der Waals surface area contributed by atoms with Crippen molar-refractivity contribution in [2.45, 2.75) is 19.4 Å². The lowest BCUT2D eigenvalue weighted by Crippen LogP contribution is -2.29. The third-order valence-corrected chi connectivity index (χ3v) is 4.97. The van der Waals surface area contributed by atoms with Crippen molar-refractivity contribution < 1.29 is 9.18 Å². The van der Waals surface area contributed by atoms with Crippen LogP contribution in [0.3, 0.4) is 0 Å². The number of nitrogens with zero attached hydrogens (tertiary/aromatic N) is 5. The van der Waals surface area contributed by atoms with Crippen molar-refractivity contribution in [3.05, 3.63) is 77.5 Å². The number of rotatable bonds is 8. The van der Waals surface area contributed by atoms with E-state index in [4.69, 9.17) is 5.41 Å². The molecule has 0 fully saturated rings. The minimum Gasteiger partial charge on any atom is -0.354 e. The molecule has 0 aliphatic carbocycles. The Morgan fingerprint density at radius 2 is 2.06 bits per heavy atom. The van der Waals surface area contributed by atoms with Gasteiger partial charge in [-0.15, -0.1) is 10.2 Å². The lowest BCUT2D eigenvalue weighted by molar-refractivity contribution is 0.0935. The number of anilines is 2. The van der Waals surface area contributed by atoms with E-state index in [0.717, 1.165) is 11.8 Å². The maximum Gasteiger partial charge on any atom is 0.254 e. The average molecular weight is 445 g/mol. The Morgan fingerprint density at radius 3 is 2.76 bits per heavy atom. The van der Waals surface area contributed by atoms with Gasteiger partial charge in [0.05, 0.1) is 23.5 Å². The first-order chi connectivity index (χ1) is 16.1. The first kappa shape index (κ1) is 21.7. The number of tetrazole rings is 1. The maximum atomic E-state index is 13.2. The molecular formula is C22H20FN9O. The standard InChI is InChI=1S/C22H20FN9O/c1-2-18(13-7-8-26-19(9-13)21-29-31-32-30-21)28-22(33)17-11-25-12-20(16(17)10-24)27-15-5-3-14(23)4-6-15/h3-12,18,24,27H,2H2,1H3,(H,28,33)(H,29,30,31,32)/t18-/m0/s1. The Hall–Kier alpha value is -4.54. The molecule has 33 heavy (non-hydrogen) atoms. The van der Waals surface area contributed by atoms with Crippen LogP contribution in [0.5, 0.6) is 0 Å². The number of aromatic nitrogens is 6. The number of hydrogen-bond acceptors (Lipinski definition) is 8. The van der Waals surface area contributed by atoms with Gasteiger partial charge in [0.25, 0.3) is 5.91 Å². The van der Waals surface area contributed by atoms with Crippen molar-refractivity contribution in [2.75, 3.05) is 5.32 Å². The van der Waals surface area contributed by atoms with Gasteiger partial charge < -0.3 is 16.0 Å². The van der Waals surface area contributed by atoms with Crippen LogP contribution in [0.1, 0.15) is 40.9 Å². The van der Waals surface area contributed by atoms with Gasteiger partial charge in [-0.05, 0) is 53.6 Å². The molecule has 0 unspecified atom stereocenters. The highest BCUT2D eigenvalue weighted by Gasteiger charge is 2.20. The van der Waals surface area contributed by atoms with Crippen LogP contribution in [0.4, 0.5) is 15.8 Å². The predicted molar refractivity (Wildman–Crippen MR) is 120 cm³/mol. The third-order valence-electron chi connectivity index (χ3n) is 4.97. The molecule has 166 valence electrons. The average Bonchev–Trinajstić information content (AvgIpc) is 3.39. The summed E-state index contributed by atoms with van der Waals surface area (Å²) in [4.78, 5) is 21.5. The molecule has 10 nitrogen and oxygen atoms in total. The molecule has 0 saturated carbocycles. The van der Waals surface area contributed by atoms with Gasteiger partial charge in [0.2, 0.25) is 5.82 Å². The van der Waals surface area contributed by atoms with Gasteiger partial charge in [0.1, 0.15) is 11.5 Å². The van der Waals surface area contributed by atoms with Crippen molar-refractivity contribution in [1.82, 2.24) is 35.9 Å². The number of amides is 1. The van der Waals surface area contributed by atoms with E-state index in [-0.39, 0.29) is 23.3 Å². The van der Waals surface area contributed by atoms with Gasteiger partial charge in [0.15, 0.2) is 0 Å². The van der Waals surface area contributed by atoms with Crippen molar-refractivity contribution in [2.24, 2.45) is 0 Å². The highest BCUT2D eigenvalue weighted by Crippen LogP contribution is 2.24. The first-order valence-electron chi connectivity index (χ1n) is 10.1. The first-order valence-corrected chi connectivity index (χ1v) is 10.1. The topological polar surface area (TPSA) is 145 Å². The van der Waals surface area contributed by atoms with Gasteiger partial charge in [-0.3, -0.25) is 14.8 Å². The molecule has 4 N–H and O–H groups in total. The quantitative estimate of drug-likeness (QED) is 0.304. The van der Waals surface area contributed by atoms with Gasteiger partial charge in [-0.1, -0.05) is 6.92 Å². The molecule has 1 aromatic carbocycles. The lowest BCUT2D eigenvalue weighted by atomic mass is 10.0. The molecule has 1 atom stereocenters. The number of hydrogen-bond donors (Lipinski definition) is 4. The second kappa shape index (κ2) is 9.73. The fourth-order valence-electron chi connectivity index (χ4n) is 3.31. The van der Waals surface area contributed by atoms with E-state index in [0.29, 0.717) is 34.9 Å². The summed E-state index contributed by atoms with van der Waals surface area (Å²) in [6.07, 6.45) is 6.24. The monoisotopic (exact) mass is 445 g/mol. The van der Waals surface area contributed by atoms with Crippen LogP contribution in [0.25, 0.3) is 11.5 Å². The molecule has 0 aliphatic heterocycles. The van der Waals surface area contributed by atoms with Crippen molar-refractivity contribution in [3.63, 3.8) is 0 Å². The zero-order valence-corrected chi connectivity index (χ0v) is 17.6. The van der Waals surface area contributed by atoms with E-state index in [9.17, 15) is 9.18 Å². The van der Waals surface area contributed by atoms with E-state index >= 15 is 0 Å². The number of H-pyrrole nitrogens is 1. The number of nitrogens with one attached hydrogen (secondary N) is 4. The second-order valence-corrected chi connectivity index (χ2v) is 7.07. The van der Waals surface area contributed by atoms with Crippen LogP contribution in [-0.4, -0.2) is 42.7 Å². The van der Waals surface area contributed by atoms with Crippen LogP contribution in [0.15, 0.2) is 55.0 Å². The second-order valence-electron chi connectivity index (χ2n) is 7.07. The molecule has 3 heterocycles. The van der Waals surface area contributed by atoms with Crippen LogP contribution < -0.4 is 10.6 Å². The van der Waals surface area contributed by atoms with Gasteiger partial charge >= 0.3 is 0 Å². The minimum atomic E-state index is -0.381. The molecule has 0 bridgehead atoms. The van der Waals surface area contributed by atoms with Crippen molar-refractivity contribution in [3.8, 4) is 11.5 Å². The van der Waals surface area contributed by atoms with Crippen molar-refractivity contribution >= 4 is 23.5 Å². The zero-order valence-electron chi connectivity index (χ0n) is 17.6. The summed E-state index contributed by atoms with van der Waals surface area (Å²) >= 11 is 0. The van der Waals surface area contributed by atoms with E-state index in [2.05, 4.69) is 41.2 Å². The Balaban J connectivity index is 1.58. The summed E-state index contributed by atoms with van der Waals surface area (Å²) in [7, 11) is 0. The van der Waals surface area contributed by atoms with E-state index in [1.54, 1.807) is 30.5 Å². The summed E-state index contributed by atoms with van der Waals surface area (Å²) in [5, 5.41) is 27.7. The van der Waals surface area contributed by atoms with Gasteiger partial charge in [-0.2, -0.15) is 5.21 Å². The summed E-state index contributed by atoms with van der Waals surface area (Å²) in [5.74, 6) is -0.385. The van der Waals surface area contributed by atoms with Gasteiger partial charge in [0, 0.05) is 29.9 Å². The SMILES string of the molecule is CC[C@H](NC(=O)c1cncc(Nc2ccc(F)cc2)c1C=N)c1ccnc(-c2nn[nH]n2)c1. The van der Waals surface area contributed by atoms with Crippen LogP contribution in [0.2, 0.25) is 0 Å². The molecule has 0 spiro atoms. The number of aromatic amines is 1. The van der Waals surface area contributed by atoms with E-state index in [1.165, 1.54) is 24.5 Å². The molecule has 3 aromatic heterocycles. The number of halogens is 1. The Morgan fingerprint density at radius 1 is 1.24 bits per heavy atom. The highest BCUT2D eigenvalue weighted by atomic mass is 19.1. The molecule has 0 saturated heterocycles. The van der Waals surface area contributed by atoms with Crippen LogP contribution in [0, 0.1) is 11.2 Å². The Kier molecular flexibility index (Phi) is 6.39. The summed E-state index contributed by atoms with van der Waals surface area (Å²) < 4.78 is 13.2. The molecule has 4 aromatic rings. The van der Waals surface area contributed by atoms with Crippen molar-refractivity contribution in [1.29, 1.82) is 5.41 Å². The van der Waals surface area contributed by atoms with Gasteiger partial charge in [-0.25, -0.2) is 4.39 Å². The molecule has 0 aliphatic rings. The summed E-state index contributed by atoms with van der Waals surface area (Å²) in [6, 6.07) is 9.04. The summed E-state index contributed by atoms with van der Waals surface area (Å²) in [6.45, 7) is 1.95. The fraction of sp³-hybridized carbons (Fsp3) is 0.136. The van der Waals surface area contributed by atoms with Crippen LogP contribution in [-0.2, 0) is 0 Å². The Bertz CT molecular complexity index is 1260. The summed E-state index contributed by atoms with van der Waals surface area (Å²) in [5.41, 5.74) is 3.02. The highest BCUT2D eigenvalue weighted by molar-refractivity contribution is 6.05. The van der Waals surface area contributed by atoms with E-state index < -0.39 is 0 Å². The third kappa shape index (κ3) is 4.87. The number of benzene rings is 1. The number of carbonyl (C=O) groups excluding carboxylic acids is 1. The maximum absolute atomic E-state index is 13.2. The normalized spacial score (nSPS) is 11.6. The smallest absolute Gasteiger partial charge is 0.254 e. The Labute approximate surface area is 188 Å². The van der Waals surface area contributed by atoms with Crippen LogP contribution >= 0.6 is 0 Å². The molecule has 1 amide bonds. The molecule has 11 heteroatoms. The molecule has 4 rings (SSSR count). The zero-order chi connectivity index (χ0) is 23.2. The number of pyridine rings is 2. The fourth-order valence-corrected chi connectivity index (χ4v) is 3.31. The predicted octanol–water partition coefficient (Wildman–Crippen LogP) is 3.42. The molecule has 0 radical (unpaired) electrons. The van der Waals surface area contributed by atoms with E-state index in [1.807, 2.05) is 6.92 Å². The minimum absolute atomic E-state index is 0.239. The number of carbonyl (C=O) groups is 1. The largest absolute Gasteiger partial charge is 0.354 e. The molecular weight excluding hydrogens is 425 g/mol. The lowest BCUT2D eigenvalue weighted by Gasteiger charge is -2.19.